The van der Waals surface area contributed by atoms with E-state index in [0.717, 1.165) is 9.94 Å². The van der Waals surface area contributed by atoms with Crippen LogP contribution in [0.3, 0.4) is 0 Å². The van der Waals surface area contributed by atoms with Gasteiger partial charge in [0.1, 0.15) is 12.1 Å². The van der Waals surface area contributed by atoms with Gasteiger partial charge in [-0.1, -0.05) is 0 Å². The predicted octanol–water partition coefficient (Wildman–Crippen LogP) is 6.07. The van der Waals surface area contributed by atoms with Gasteiger partial charge in [-0.25, -0.2) is 0 Å². The molecule has 0 spiro atoms. The molecule has 4 aliphatic rings. The summed E-state index contributed by atoms with van der Waals surface area (Å²) in [6, 6.07) is 7.49. The normalized spacial score (nSPS) is 24.2. The molecule has 2 aromatic heterocycles. The summed E-state index contributed by atoms with van der Waals surface area (Å²) in [4.78, 5) is 7.80. The van der Waals surface area contributed by atoms with Gasteiger partial charge in [0.25, 0.3) is 0 Å². The Morgan fingerprint density at radius 2 is 0.849 bits per heavy atom. The van der Waals surface area contributed by atoms with Crippen LogP contribution in [0.4, 0.5) is 0 Å². The summed E-state index contributed by atoms with van der Waals surface area (Å²) in [6.07, 6.45) is 6.35. The van der Waals surface area contributed by atoms with Crippen molar-refractivity contribution in [2.45, 2.75) is 156 Å². The smallest absolute Gasteiger partial charge is 0.406 e. The van der Waals surface area contributed by atoms with Gasteiger partial charge in [-0.3, -0.25) is 9.97 Å². The highest BCUT2D eigenvalue weighted by atomic mass is 79.9. The van der Waals surface area contributed by atoms with Gasteiger partial charge < -0.3 is 37.2 Å². The molecule has 6 rings (SSSR count). The van der Waals surface area contributed by atoms with E-state index >= 15 is 0 Å². The Kier molecular flexibility index (Phi) is 13.7. The van der Waals surface area contributed by atoms with Crippen LogP contribution in [0, 0.1) is 22.7 Å². The number of halogens is 1. The quantitative estimate of drug-likeness (QED) is 0.325. The fraction of sp³-hybridized carbons (Fsp3) is 0.667. The Morgan fingerprint density at radius 3 is 1.15 bits per heavy atom. The SMILES string of the molecule is CC1(C)OB(B2OC(C)(C)C(C)(C)O2)OC1(C)C.CC1(C)OB(c2cncc(C#N)c2)OC1(C)C.CC1(C)OBOC1(C)C.N#Cc1cncc(Br)c1. The number of aromatic nitrogens is 2. The Balaban J connectivity index is 0.000000200. The van der Waals surface area contributed by atoms with E-state index in [1.165, 1.54) is 12.4 Å². The van der Waals surface area contributed by atoms with E-state index in [2.05, 4.69) is 32.0 Å². The third kappa shape index (κ3) is 10.5. The molecule has 286 valence electrons. The fourth-order valence-corrected chi connectivity index (χ4v) is 5.14. The zero-order chi connectivity index (χ0) is 40.5. The lowest BCUT2D eigenvalue weighted by Gasteiger charge is -2.32. The van der Waals surface area contributed by atoms with E-state index in [1.807, 2.05) is 117 Å². The Bertz CT molecular complexity index is 1580. The van der Waals surface area contributed by atoms with E-state index in [9.17, 15) is 0 Å². The first kappa shape index (κ1) is 45.1. The number of hydrogen-bond acceptors (Lipinski definition) is 12. The van der Waals surface area contributed by atoms with Crippen molar-refractivity contribution in [3.05, 3.63) is 52.5 Å². The van der Waals surface area contributed by atoms with Crippen molar-refractivity contribution in [3.63, 3.8) is 0 Å². The minimum atomic E-state index is -0.476. The third-order valence-electron chi connectivity index (χ3n) is 11.3. The van der Waals surface area contributed by atoms with Crippen LogP contribution >= 0.6 is 15.9 Å². The van der Waals surface area contributed by atoms with Crippen molar-refractivity contribution in [2.24, 2.45) is 0 Å². The molecule has 4 aliphatic heterocycles. The highest BCUT2D eigenvalue weighted by Gasteiger charge is 2.63. The van der Waals surface area contributed by atoms with Gasteiger partial charge >= 0.3 is 28.8 Å². The van der Waals surface area contributed by atoms with Crippen LogP contribution in [0.5, 0.6) is 0 Å². The molecule has 0 N–H and O–H groups in total. The molecule has 0 atom stereocenters. The highest BCUT2D eigenvalue weighted by Crippen LogP contribution is 2.43. The van der Waals surface area contributed by atoms with Crippen LogP contribution in [0.2, 0.25) is 0 Å². The molecule has 6 heterocycles. The molecule has 0 aliphatic carbocycles. The third-order valence-corrected chi connectivity index (χ3v) is 11.7. The molecular formula is C36H55B4BrN4O8. The van der Waals surface area contributed by atoms with Crippen LogP contribution in [0.15, 0.2) is 41.4 Å². The zero-order valence-corrected chi connectivity index (χ0v) is 35.9. The fourth-order valence-electron chi connectivity index (χ4n) is 4.77. The highest BCUT2D eigenvalue weighted by molar-refractivity contribution is 9.10. The summed E-state index contributed by atoms with van der Waals surface area (Å²) in [6.45, 7) is 32.4. The zero-order valence-electron chi connectivity index (χ0n) is 34.3. The molecule has 53 heavy (non-hydrogen) atoms. The Hall–Kier alpha value is -2.30. The average Bonchev–Trinajstić information content (AvgIpc) is 3.60. The molecule has 0 amide bonds. The summed E-state index contributed by atoms with van der Waals surface area (Å²) >= 11 is 3.19. The Morgan fingerprint density at radius 1 is 0.509 bits per heavy atom. The summed E-state index contributed by atoms with van der Waals surface area (Å²) in [5.74, 6) is 0. The second-order valence-corrected chi connectivity index (χ2v) is 18.3. The molecule has 4 saturated heterocycles. The molecule has 17 heteroatoms. The standard InChI is InChI=1S/C12H24B2O4.C12H15BN2O2.C6H13BO2.C6H3BrN2/c1-9(2)10(3,4)16-13(15-9)14-17-11(5,6)12(7,8)18-14;1-11(2)12(3,4)17-13(16-11)10-5-9(6-14)7-15-8-10;1-5(2)6(3,4)9-7-8-5;7-6-1-5(2-8)3-9-4-6/h1-8H3;5,7-8H,1-4H3;7H,1-4H3;1,3-4H. The van der Waals surface area contributed by atoms with Crippen LogP contribution < -0.4 is 5.46 Å². The number of pyridine rings is 2. The average molecular weight is 795 g/mol. The van der Waals surface area contributed by atoms with Crippen molar-refractivity contribution in [3.8, 4) is 12.1 Å². The van der Waals surface area contributed by atoms with E-state index in [4.69, 9.17) is 47.8 Å². The predicted molar refractivity (Wildman–Crippen MR) is 211 cm³/mol. The molecule has 4 fully saturated rings. The maximum absolute atomic E-state index is 8.84. The van der Waals surface area contributed by atoms with Gasteiger partial charge in [0.15, 0.2) is 0 Å². The first-order valence-corrected chi connectivity index (χ1v) is 18.5. The topological polar surface area (TPSA) is 147 Å². The number of hydrogen-bond donors (Lipinski definition) is 0. The van der Waals surface area contributed by atoms with Crippen molar-refractivity contribution in [2.75, 3.05) is 0 Å². The summed E-state index contributed by atoms with van der Waals surface area (Å²) in [7, 11) is -0.979. The van der Waals surface area contributed by atoms with Crippen molar-refractivity contribution < 1.29 is 37.2 Å². The van der Waals surface area contributed by atoms with Crippen LogP contribution in [-0.4, -0.2) is 83.6 Å². The van der Waals surface area contributed by atoms with Crippen LogP contribution in [0.1, 0.15) is 122 Å². The van der Waals surface area contributed by atoms with Crippen LogP contribution in [0.25, 0.3) is 0 Å². The molecular weight excluding hydrogens is 740 g/mol. The lowest BCUT2D eigenvalue weighted by atomic mass is 9.49. The van der Waals surface area contributed by atoms with E-state index in [0.29, 0.717) is 18.8 Å². The molecule has 2 aromatic rings. The van der Waals surface area contributed by atoms with Gasteiger partial charge in [-0.15, -0.1) is 0 Å². The summed E-state index contributed by atoms with van der Waals surface area (Å²) < 4.78 is 47.1. The number of nitrogens with zero attached hydrogens (tertiary/aromatic N) is 4. The second kappa shape index (κ2) is 16.0. The summed E-state index contributed by atoms with van der Waals surface area (Å²) in [5.41, 5.74) is -0.588. The van der Waals surface area contributed by atoms with Gasteiger partial charge in [0.05, 0.1) is 55.9 Å². The largest absolute Gasteiger partial charge is 0.496 e. The minimum absolute atomic E-state index is 0.132. The first-order chi connectivity index (χ1) is 24.0. The molecule has 0 saturated carbocycles. The molecule has 0 unspecified atom stereocenters. The first-order valence-electron chi connectivity index (χ1n) is 17.7. The number of nitriles is 2. The monoisotopic (exact) mass is 794 g/mol. The van der Waals surface area contributed by atoms with E-state index in [-0.39, 0.29) is 44.8 Å². The maximum atomic E-state index is 8.84. The maximum Gasteiger partial charge on any atom is 0.496 e. The minimum Gasteiger partial charge on any atom is -0.406 e. The summed E-state index contributed by atoms with van der Waals surface area (Å²) in [5, 5.41) is 17.2. The second-order valence-electron chi connectivity index (χ2n) is 17.4. The van der Waals surface area contributed by atoms with E-state index < -0.39 is 21.1 Å². The number of rotatable bonds is 2. The van der Waals surface area contributed by atoms with Crippen molar-refractivity contribution >= 4 is 50.2 Å². The molecule has 0 bridgehead atoms. The molecule has 0 radical (unpaired) electrons. The lowest BCUT2D eigenvalue weighted by molar-refractivity contribution is 0.00578. The van der Waals surface area contributed by atoms with Gasteiger partial charge in [0.2, 0.25) is 0 Å². The van der Waals surface area contributed by atoms with Crippen molar-refractivity contribution in [1.29, 1.82) is 10.5 Å². The van der Waals surface area contributed by atoms with Gasteiger partial charge in [-0.2, -0.15) is 10.5 Å². The van der Waals surface area contributed by atoms with E-state index in [1.54, 1.807) is 24.5 Å². The lowest BCUT2D eigenvalue weighted by Crippen LogP contribution is -2.41. The van der Waals surface area contributed by atoms with Gasteiger partial charge in [-0.05, 0) is 139 Å². The van der Waals surface area contributed by atoms with Gasteiger partial charge in [0, 0.05) is 34.7 Å². The van der Waals surface area contributed by atoms with Crippen LogP contribution in [-0.2, 0) is 37.2 Å². The molecule has 12 nitrogen and oxygen atoms in total. The Labute approximate surface area is 327 Å². The van der Waals surface area contributed by atoms with Crippen molar-refractivity contribution in [1.82, 2.24) is 9.97 Å². The molecule has 0 aromatic carbocycles.